The average Bonchev–Trinajstić information content (AvgIpc) is 3.36. The second-order valence-corrected chi connectivity index (χ2v) is 9.93. The quantitative estimate of drug-likeness (QED) is 0.207. The summed E-state index contributed by atoms with van der Waals surface area (Å²) in [4.78, 5) is 12.7. The number of methoxy groups -OCH3 is 1. The van der Waals surface area contributed by atoms with Crippen LogP contribution in [0.4, 0.5) is 5.69 Å². The van der Waals surface area contributed by atoms with Crippen molar-refractivity contribution < 1.29 is 9.53 Å². The third-order valence-corrected chi connectivity index (χ3v) is 7.37. The molecule has 0 aliphatic rings. The molecule has 5 aromatic rings. The smallest absolute Gasteiger partial charge is 0.255 e. The van der Waals surface area contributed by atoms with Crippen LogP contribution >= 0.6 is 23.4 Å². The van der Waals surface area contributed by atoms with Crippen LogP contribution in [0.5, 0.6) is 5.75 Å². The van der Waals surface area contributed by atoms with Crippen molar-refractivity contribution in [2.75, 3.05) is 12.4 Å². The van der Waals surface area contributed by atoms with Gasteiger partial charge in [-0.25, -0.2) is 0 Å². The Hall–Kier alpha value is -4.07. The van der Waals surface area contributed by atoms with Crippen LogP contribution in [0.25, 0.3) is 17.1 Å². The van der Waals surface area contributed by atoms with Gasteiger partial charge < -0.3 is 10.1 Å². The van der Waals surface area contributed by atoms with Gasteiger partial charge in [0.05, 0.1) is 17.8 Å². The number of hydrogen-bond acceptors (Lipinski definition) is 5. The number of benzene rings is 4. The first-order chi connectivity index (χ1) is 18.5. The molecule has 38 heavy (non-hydrogen) atoms. The fraction of sp³-hybridized carbons (Fsp3) is 0.100. The molecule has 0 spiro atoms. The number of nitrogens with one attached hydrogen (secondary N) is 1. The molecule has 6 nitrogen and oxygen atoms in total. The largest absolute Gasteiger partial charge is 0.497 e. The standard InChI is InChI=1S/C30H25ClN4O2S/c1-20-7-3-6-10-27(20)35-28(25-8-4-5-9-26(25)31)33-34-30(35)38-19-21-11-13-22(14-12-21)29(36)32-23-15-17-24(37-2)18-16-23/h3-18H,19H2,1-2H3,(H,32,36). The number of rotatable bonds is 8. The van der Waals surface area contributed by atoms with E-state index in [-0.39, 0.29) is 5.91 Å². The van der Waals surface area contributed by atoms with Gasteiger partial charge in [0, 0.05) is 22.6 Å². The molecular formula is C30H25ClN4O2S. The maximum atomic E-state index is 12.7. The Balaban J connectivity index is 1.34. The molecule has 0 saturated carbocycles. The lowest BCUT2D eigenvalue weighted by Gasteiger charge is -2.13. The predicted molar refractivity (Wildman–Crippen MR) is 153 cm³/mol. The van der Waals surface area contributed by atoms with Gasteiger partial charge in [-0.05, 0) is 72.6 Å². The Labute approximate surface area is 230 Å². The number of carbonyl (C=O) groups excluding carboxylic acids is 1. The van der Waals surface area contributed by atoms with Gasteiger partial charge in [-0.15, -0.1) is 10.2 Å². The van der Waals surface area contributed by atoms with E-state index in [1.807, 2.05) is 84.9 Å². The van der Waals surface area contributed by atoms with Crippen molar-refractivity contribution in [2.45, 2.75) is 17.8 Å². The van der Waals surface area contributed by atoms with Crippen LogP contribution in [0, 0.1) is 6.92 Å². The van der Waals surface area contributed by atoms with E-state index in [1.54, 1.807) is 18.9 Å². The van der Waals surface area contributed by atoms with Gasteiger partial charge in [0.2, 0.25) is 0 Å². The predicted octanol–water partition coefficient (Wildman–Crippen LogP) is 7.45. The number of amides is 1. The minimum atomic E-state index is -0.168. The van der Waals surface area contributed by atoms with Crippen molar-refractivity contribution >= 4 is 35.0 Å². The number of ether oxygens (including phenoxy) is 1. The van der Waals surface area contributed by atoms with Gasteiger partial charge in [0.1, 0.15) is 5.75 Å². The van der Waals surface area contributed by atoms with Crippen molar-refractivity contribution in [3.63, 3.8) is 0 Å². The van der Waals surface area contributed by atoms with Crippen LogP contribution in [-0.2, 0) is 5.75 Å². The highest BCUT2D eigenvalue weighted by Crippen LogP contribution is 2.34. The maximum Gasteiger partial charge on any atom is 0.255 e. The van der Waals surface area contributed by atoms with Gasteiger partial charge >= 0.3 is 0 Å². The third kappa shape index (κ3) is 5.59. The normalized spacial score (nSPS) is 10.8. The van der Waals surface area contributed by atoms with E-state index >= 15 is 0 Å². The van der Waals surface area contributed by atoms with Gasteiger partial charge in [-0.1, -0.05) is 65.8 Å². The van der Waals surface area contributed by atoms with Crippen LogP contribution in [0.15, 0.2) is 102 Å². The van der Waals surface area contributed by atoms with E-state index in [4.69, 9.17) is 16.3 Å². The van der Waals surface area contributed by atoms with Crippen molar-refractivity contribution in [3.05, 3.63) is 119 Å². The minimum absolute atomic E-state index is 0.168. The number of anilines is 1. The van der Waals surface area contributed by atoms with Crippen LogP contribution < -0.4 is 10.1 Å². The highest BCUT2D eigenvalue weighted by molar-refractivity contribution is 7.98. The molecule has 1 N–H and O–H groups in total. The van der Waals surface area contributed by atoms with Crippen LogP contribution in [0.1, 0.15) is 21.5 Å². The Kier molecular flexibility index (Phi) is 7.77. The number of carbonyl (C=O) groups is 1. The monoisotopic (exact) mass is 540 g/mol. The number of halogens is 1. The lowest BCUT2D eigenvalue weighted by Crippen LogP contribution is -2.11. The molecule has 4 aromatic carbocycles. The molecule has 0 atom stereocenters. The van der Waals surface area contributed by atoms with Crippen LogP contribution in [0.3, 0.4) is 0 Å². The summed E-state index contributed by atoms with van der Waals surface area (Å²) in [6.45, 7) is 2.07. The summed E-state index contributed by atoms with van der Waals surface area (Å²) in [5, 5.41) is 13.3. The maximum absolute atomic E-state index is 12.7. The number of thioether (sulfide) groups is 1. The second kappa shape index (κ2) is 11.5. The molecule has 0 unspecified atom stereocenters. The van der Waals surface area contributed by atoms with Crippen molar-refractivity contribution in [2.24, 2.45) is 0 Å². The highest BCUT2D eigenvalue weighted by Gasteiger charge is 2.19. The fourth-order valence-corrected chi connectivity index (χ4v) is 5.11. The van der Waals surface area contributed by atoms with E-state index in [1.165, 1.54) is 0 Å². The summed E-state index contributed by atoms with van der Waals surface area (Å²) in [7, 11) is 1.61. The molecule has 0 radical (unpaired) electrons. The summed E-state index contributed by atoms with van der Waals surface area (Å²) in [5.41, 5.74) is 5.28. The van der Waals surface area contributed by atoms with E-state index in [9.17, 15) is 4.79 Å². The van der Waals surface area contributed by atoms with Gasteiger partial charge in [0.25, 0.3) is 5.91 Å². The fourth-order valence-electron chi connectivity index (χ4n) is 3.99. The number of para-hydroxylation sites is 1. The molecule has 0 aliphatic heterocycles. The molecule has 190 valence electrons. The number of aryl methyl sites for hydroxylation is 1. The van der Waals surface area contributed by atoms with Gasteiger partial charge in [-0.3, -0.25) is 9.36 Å². The van der Waals surface area contributed by atoms with E-state index in [2.05, 4.69) is 39.1 Å². The van der Waals surface area contributed by atoms with E-state index < -0.39 is 0 Å². The number of aromatic nitrogens is 3. The highest BCUT2D eigenvalue weighted by atomic mass is 35.5. The summed E-state index contributed by atoms with van der Waals surface area (Å²) in [5.74, 6) is 1.92. The van der Waals surface area contributed by atoms with E-state index in [0.29, 0.717) is 27.9 Å². The van der Waals surface area contributed by atoms with E-state index in [0.717, 1.165) is 33.3 Å². The summed E-state index contributed by atoms with van der Waals surface area (Å²) >= 11 is 8.10. The molecule has 1 heterocycles. The first-order valence-corrected chi connectivity index (χ1v) is 13.3. The molecule has 0 bridgehead atoms. The van der Waals surface area contributed by atoms with Gasteiger partial charge in [0.15, 0.2) is 11.0 Å². The first kappa shape index (κ1) is 25.6. The van der Waals surface area contributed by atoms with Crippen molar-refractivity contribution in [1.82, 2.24) is 14.8 Å². The second-order valence-electron chi connectivity index (χ2n) is 8.58. The third-order valence-electron chi connectivity index (χ3n) is 6.04. The molecule has 5 rings (SSSR count). The Morgan fingerprint density at radius 3 is 2.34 bits per heavy atom. The molecular weight excluding hydrogens is 516 g/mol. The van der Waals surface area contributed by atoms with Crippen LogP contribution in [0.2, 0.25) is 5.02 Å². The average molecular weight is 541 g/mol. The zero-order valence-corrected chi connectivity index (χ0v) is 22.5. The first-order valence-electron chi connectivity index (χ1n) is 12.0. The lowest BCUT2D eigenvalue weighted by atomic mass is 10.1. The lowest BCUT2D eigenvalue weighted by molar-refractivity contribution is 0.102. The Morgan fingerprint density at radius 1 is 0.921 bits per heavy atom. The summed E-state index contributed by atoms with van der Waals surface area (Å²) in [6, 6.07) is 30.6. The molecule has 0 saturated heterocycles. The molecule has 0 fully saturated rings. The number of hydrogen-bond donors (Lipinski definition) is 1. The molecule has 1 amide bonds. The molecule has 0 aliphatic carbocycles. The molecule has 1 aromatic heterocycles. The van der Waals surface area contributed by atoms with Crippen molar-refractivity contribution in [3.8, 4) is 22.8 Å². The summed E-state index contributed by atoms with van der Waals surface area (Å²) < 4.78 is 7.22. The van der Waals surface area contributed by atoms with Crippen molar-refractivity contribution in [1.29, 1.82) is 0 Å². The Morgan fingerprint density at radius 2 is 1.63 bits per heavy atom. The van der Waals surface area contributed by atoms with Crippen LogP contribution in [-0.4, -0.2) is 27.8 Å². The number of nitrogens with zero attached hydrogens (tertiary/aromatic N) is 3. The zero-order chi connectivity index (χ0) is 26.5. The summed E-state index contributed by atoms with van der Waals surface area (Å²) in [6.07, 6.45) is 0. The minimum Gasteiger partial charge on any atom is -0.497 e. The SMILES string of the molecule is COc1ccc(NC(=O)c2ccc(CSc3nnc(-c4ccccc4Cl)n3-c3ccccc3C)cc2)cc1. The van der Waals surface area contributed by atoms with Gasteiger partial charge in [-0.2, -0.15) is 0 Å². The molecule has 8 heteroatoms. The Bertz CT molecular complexity index is 1570. The topological polar surface area (TPSA) is 69.0 Å². The zero-order valence-electron chi connectivity index (χ0n) is 20.9.